The number of hydrogen-bond acceptors (Lipinski definition) is 2. The molecule has 0 amide bonds. The first kappa shape index (κ1) is 28.6. The molecule has 216 valence electrons. The number of para-hydroxylation sites is 1. The van der Waals surface area contributed by atoms with E-state index in [9.17, 15) is 0 Å². The monoisotopic (exact) mass is 741 g/mol. The fourth-order valence-electron chi connectivity index (χ4n) is 5.31. The summed E-state index contributed by atoms with van der Waals surface area (Å²) >= 11 is 0. The first-order chi connectivity index (χ1) is 20.3. The van der Waals surface area contributed by atoms with Crippen LogP contribution in [0.2, 0.25) is 0 Å². The average molecular weight is 742 g/mol. The molecule has 0 aliphatic heterocycles. The molecule has 0 saturated heterocycles. The molecule has 0 aliphatic carbocycles. The summed E-state index contributed by atoms with van der Waals surface area (Å²) < 4.78 is 12.4. The zero-order chi connectivity index (χ0) is 28.8. The van der Waals surface area contributed by atoms with Gasteiger partial charge in [-0.1, -0.05) is 62.2 Å². The van der Waals surface area contributed by atoms with Gasteiger partial charge in [0.1, 0.15) is 5.82 Å². The summed E-state index contributed by atoms with van der Waals surface area (Å²) in [6.45, 7) is 8.74. The van der Waals surface area contributed by atoms with Gasteiger partial charge in [0.15, 0.2) is 0 Å². The van der Waals surface area contributed by atoms with Crippen LogP contribution in [0.15, 0.2) is 110 Å². The van der Waals surface area contributed by atoms with Gasteiger partial charge in [0.2, 0.25) is 0 Å². The van der Waals surface area contributed by atoms with Crippen molar-refractivity contribution >= 4 is 21.8 Å². The fraction of sp³-hybridized carbons (Fsp3) is 0.135. The molecule has 43 heavy (non-hydrogen) atoms. The minimum atomic E-state index is 0. The van der Waals surface area contributed by atoms with E-state index < -0.39 is 0 Å². The molecule has 0 radical (unpaired) electrons. The molecule has 5 nitrogen and oxygen atoms in total. The maximum atomic E-state index is 6.34. The number of fused-ring (bicyclic) bond motifs is 3. The number of hydrogen-bond donors (Lipinski definition) is 0. The molecule has 0 aliphatic rings. The van der Waals surface area contributed by atoms with Crippen molar-refractivity contribution in [1.82, 2.24) is 14.1 Å². The van der Waals surface area contributed by atoms with Gasteiger partial charge >= 0.3 is 0 Å². The first-order valence-electron chi connectivity index (χ1n) is 14.1. The Bertz CT molecular complexity index is 2080. The van der Waals surface area contributed by atoms with Crippen LogP contribution in [0.4, 0.5) is 0 Å². The zero-order valence-electron chi connectivity index (χ0n) is 24.4. The molecule has 3 aromatic heterocycles. The molecule has 0 spiro atoms. The minimum absolute atomic E-state index is 0. The summed E-state index contributed by atoms with van der Waals surface area (Å²) in [6, 6.07) is 37.8. The van der Waals surface area contributed by atoms with Crippen LogP contribution in [0, 0.1) is 25.4 Å². The van der Waals surface area contributed by atoms with E-state index in [0.717, 1.165) is 39.0 Å². The molecule has 4 aromatic carbocycles. The normalized spacial score (nSPS) is 11.5. The molecule has 0 N–H and O–H groups in total. The van der Waals surface area contributed by atoms with E-state index in [1.165, 1.54) is 11.1 Å². The Morgan fingerprint density at radius 3 is 2.47 bits per heavy atom. The van der Waals surface area contributed by atoms with E-state index in [1.807, 2.05) is 58.1 Å². The molecule has 7 rings (SSSR count). The molecule has 0 saturated carbocycles. The number of rotatable bonds is 5. The summed E-state index contributed by atoms with van der Waals surface area (Å²) in [5, 5.41) is 2.25. The van der Waals surface area contributed by atoms with E-state index in [2.05, 4.69) is 111 Å². The number of benzene rings is 4. The van der Waals surface area contributed by atoms with Crippen molar-refractivity contribution in [3.63, 3.8) is 0 Å². The number of aryl methyl sites for hydroxylation is 1. The van der Waals surface area contributed by atoms with Crippen LogP contribution in [-0.4, -0.2) is 14.1 Å². The number of aromatic nitrogens is 4. The summed E-state index contributed by atoms with van der Waals surface area (Å²) in [6.07, 6.45) is 9.21. The third kappa shape index (κ3) is 5.53. The second-order valence-electron chi connectivity index (χ2n) is 11.6. The molecular weight excluding hydrogens is 712 g/mol. The molecule has 3 heterocycles. The van der Waals surface area contributed by atoms with Crippen molar-refractivity contribution in [2.75, 3.05) is 0 Å². The Kier molecular flexibility index (Phi) is 7.54. The quantitative estimate of drug-likeness (QED) is 0.132. The maximum absolute atomic E-state index is 6.34. The van der Waals surface area contributed by atoms with Crippen molar-refractivity contribution in [3.05, 3.63) is 139 Å². The van der Waals surface area contributed by atoms with Crippen LogP contribution in [0.5, 0.6) is 11.5 Å². The summed E-state index contributed by atoms with van der Waals surface area (Å²) in [4.78, 5) is 4.77. The van der Waals surface area contributed by atoms with Crippen LogP contribution in [-0.2, 0) is 26.5 Å². The third-order valence-corrected chi connectivity index (χ3v) is 7.49. The van der Waals surface area contributed by atoms with Crippen LogP contribution >= 0.6 is 0 Å². The van der Waals surface area contributed by atoms with Gasteiger partial charge in [0, 0.05) is 56.7 Å². The summed E-state index contributed by atoms with van der Waals surface area (Å²) in [7, 11) is 0. The Labute approximate surface area is 266 Å². The number of nitrogens with zero attached hydrogens (tertiary/aromatic N) is 4. The van der Waals surface area contributed by atoms with E-state index in [-0.39, 0.29) is 26.5 Å². The van der Waals surface area contributed by atoms with Crippen molar-refractivity contribution in [3.8, 4) is 28.7 Å². The van der Waals surface area contributed by atoms with Gasteiger partial charge in [0.25, 0.3) is 6.33 Å². The van der Waals surface area contributed by atoms with Gasteiger partial charge in [-0.15, -0.1) is 29.7 Å². The van der Waals surface area contributed by atoms with Crippen molar-refractivity contribution < 1.29 is 30.4 Å². The second kappa shape index (κ2) is 11.3. The minimum Gasteiger partial charge on any atom is -0.510 e. The maximum Gasteiger partial charge on any atom is 0.267 e. The van der Waals surface area contributed by atoms with Gasteiger partial charge in [-0.05, 0) is 59.3 Å². The summed E-state index contributed by atoms with van der Waals surface area (Å²) in [5.41, 5.74) is 6.32. The van der Waals surface area contributed by atoms with Crippen LogP contribution < -0.4 is 9.30 Å². The molecular formula is C37H30N4OPt-2. The topological polar surface area (TPSA) is 35.9 Å². The molecule has 7 aromatic rings. The smallest absolute Gasteiger partial charge is 0.267 e. The van der Waals surface area contributed by atoms with E-state index in [4.69, 9.17) is 9.72 Å². The Hall–Kier alpha value is -4.47. The predicted octanol–water partition coefficient (Wildman–Crippen LogP) is 8.04. The van der Waals surface area contributed by atoms with Gasteiger partial charge in [-0.3, -0.25) is 4.57 Å². The fourth-order valence-corrected chi connectivity index (χ4v) is 5.31. The SMILES string of the molecule is Cc1cccc(-[n+]2[c-]n(-c3[c-]c(Oc4[c-]c5c(cc4)c4ccccc4n5-c4cc(C(C)(C)C)ccn4)ccc3)cc2)c1.[Pt]. The standard InChI is InChI=1S/C37H30N4O.Pt/c1-26-9-7-10-28(21-26)39-19-20-40(25-39)29-11-8-12-30(23-29)42-31-15-16-33-32-13-5-6-14-34(32)41(35(33)24-31)36-22-27(17-18-38-36)37(2,3)4;/h5-22H,1-4H3;/q-2;. The Morgan fingerprint density at radius 2 is 1.63 bits per heavy atom. The number of pyridine rings is 1. The number of imidazole rings is 1. The van der Waals surface area contributed by atoms with E-state index in [0.29, 0.717) is 11.5 Å². The largest absolute Gasteiger partial charge is 0.510 e. The van der Waals surface area contributed by atoms with Gasteiger partial charge < -0.3 is 13.9 Å². The van der Waals surface area contributed by atoms with Crippen molar-refractivity contribution in [1.29, 1.82) is 0 Å². The Morgan fingerprint density at radius 1 is 0.814 bits per heavy atom. The molecule has 0 fully saturated rings. The molecule has 0 bridgehead atoms. The van der Waals surface area contributed by atoms with Crippen LogP contribution in [0.25, 0.3) is 39.0 Å². The van der Waals surface area contributed by atoms with Crippen molar-refractivity contribution in [2.45, 2.75) is 33.1 Å². The number of ether oxygens (including phenoxy) is 1. The zero-order valence-corrected chi connectivity index (χ0v) is 26.7. The summed E-state index contributed by atoms with van der Waals surface area (Å²) in [5.74, 6) is 2.07. The van der Waals surface area contributed by atoms with Crippen molar-refractivity contribution in [2.24, 2.45) is 0 Å². The predicted molar refractivity (Wildman–Crippen MR) is 166 cm³/mol. The second-order valence-corrected chi connectivity index (χ2v) is 11.6. The Balaban J connectivity index is 0.00000329. The molecule has 0 atom stereocenters. The molecule has 6 heteroatoms. The third-order valence-electron chi connectivity index (χ3n) is 7.49. The van der Waals surface area contributed by atoms with Crippen LogP contribution in [0.1, 0.15) is 31.9 Å². The van der Waals surface area contributed by atoms with E-state index >= 15 is 0 Å². The van der Waals surface area contributed by atoms with Gasteiger partial charge in [0.05, 0.1) is 5.69 Å². The van der Waals surface area contributed by atoms with Gasteiger partial charge in [-0.25, -0.2) is 4.98 Å². The molecule has 0 unspecified atom stereocenters. The average Bonchev–Trinajstić information content (AvgIpc) is 3.61. The van der Waals surface area contributed by atoms with Crippen LogP contribution in [0.3, 0.4) is 0 Å². The van der Waals surface area contributed by atoms with Gasteiger partial charge in [-0.2, -0.15) is 18.2 Å². The first-order valence-corrected chi connectivity index (χ1v) is 14.1. The van der Waals surface area contributed by atoms with E-state index in [1.54, 1.807) is 0 Å².